The lowest BCUT2D eigenvalue weighted by atomic mass is 9.89. The van der Waals surface area contributed by atoms with Crippen LogP contribution in [0.25, 0.3) is 21.9 Å². The van der Waals surface area contributed by atoms with Crippen LogP contribution in [0.4, 0.5) is 5.69 Å². The second-order valence-electron chi connectivity index (χ2n) is 6.44. The number of carbonyl (C=O) groups is 2. The van der Waals surface area contributed by atoms with Crippen LogP contribution in [0.2, 0.25) is 5.02 Å². The average Bonchev–Trinajstić information content (AvgIpc) is 2.72. The minimum Gasteiger partial charge on any atom is -0.268 e. The summed E-state index contributed by atoms with van der Waals surface area (Å²) >= 11 is 6.07. The molecule has 2 amide bonds. The first kappa shape index (κ1) is 16.6. The van der Waals surface area contributed by atoms with Gasteiger partial charge in [0.05, 0.1) is 5.69 Å². The van der Waals surface area contributed by atoms with E-state index in [1.807, 2.05) is 18.2 Å². The third kappa shape index (κ3) is 2.41. The van der Waals surface area contributed by atoms with Crippen LogP contribution >= 0.6 is 11.6 Å². The van der Waals surface area contributed by atoms with E-state index in [1.54, 1.807) is 48.8 Å². The van der Waals surface area contributed by atoms with Crippen LogP contribution in [0.1, 0.15) is 20.7 Å². The Kier molecular flexibility index (Phi) is 3.70. The van der Waals surface area contributed by atoms with Crippen molar-refractivity contribution in [2.75, 3.05) is 4.90 Å². The van der Waals surface area contributed by atoms with E-state index in [0.29, 0.717) is 27.2 Å². The predicted molar refractivity (Wildman–Crippen MR) is 108 cm³/mol. The van der Waals surface area contributed by atoms with Crippen molar-refractivity contribution in [1.29, 1.82) is 0 Å². The first-order chi connectivity index (χ1) is 13.6. The Balaban J connectivity index is 1.76. The van der Waals surface area contributed by atoms with Crippen LogP contribution in [0, 0.1) is 0 Å². The van der Waals surface area contributed by atoms with Gasteiger partial charge in [-0.05, 0) is 41.3 Å². The van der Waals surface area contributed by atoms with Crippen molar-refractivity contribution in [3.05, 3.63) is 89.5 Å². The molecule has 0 saturated carbocycles. The summed E-state index contributed by atoms with van der Waals surface area (Å²) in [4.78, 5) is 35.7. The van der Waals surface area contributed by atoms with Crippen molar-refractivity contribution in [3.8, 4) is 11.1 Å². The van der Waals surface area contributed by atoms with Crippen LogP contribution < -0.4 is 4.90 Å². The normalized spacial score (nSPS) is 13.2. The molecule has 0 radical (unpaired) electrons. The van der Waals surface area contributed by atoms with E-state index < -0.39 is 0 Å². The van der Waals surface area contributed by atoms with Crippen LogP contribution in [0.5, 0.6) is 0 Å². The molecule has 0 atom stereocenters. The van der Waals surface area contributed by atoms with Gasteiger partial charge in [-0.3, -0.25) is 9.59 Å². The van der Waals surface area contributed by atoms with Crippen LogP contribution in [-0.2, 0) is 0 Å². The minimum atomic E-state index is -0.369. The Hall–Kier alpha value is -3.57. The molecule has 134 valence electrons. The first-order valence-corrected chi connectivity index (χ1v) is 8.98. The molecule has 5 rings (SSSR count). The summed E-state index contributed by atoms with van der Waals surface area (Å²) in [6.07, 6.45) is 4.88. The lowest BCUT2D eigenvalue weighted by molar-refractivity contribution is 0.0893. The number of nitrogens with zero attached hydrogens (tertiary/aromatic N) is 3. The highest BCUT2D eigenvalue weighted by atomic mass is 35.5. The van der Waals surface area contributed by atoms with Gasteiger partial charge in [-0.1, -0.05) is 35.9 Å². The van der Waals surface area contributed by atoms with E-state index in [4.69, 9.17) is 11.6 Å². The van der Waals surface area contributed by atoms with Crippen molar-refractivity contribution in [3.63, 3.8) is 0 Å². The van der Waals surface area contributed by atoms with Gasteiger partial charge in [0.15, 0.2) is 0 Å². The van der Waals surface area contributed by atoms with Gasteiger partial charge in [0.2, 0.25) is 0 Å². The summed E-state index contributed by atoms with van der Waals surface area (Å²) in [6, 6.07) is 15.8. The Morgan fingerprint density at radius 1 is 0.786 bits per heavy atom. The van der Waals surface area contributed by atoms with E-state index in [0.717, 1.165) is 16.5 Å². The van der Waals surface area contributed by atoms with Gasteiger partial charge in [-0.2, -0.15) is 0 Å². The molecule has 1 aromatic heterocycles. The lowest BCUT2D eigenvalue weighted by Crippen LogP contribution is -2.40. The summed E-state index contributed by atoms with van der Waals surface area (Å²) in [5, 5.41) is 1.93. The van der Waals surface area contributed by atoms with Gasteiger partial charge in [0.25, 0.3) is 11.8 Å². The monoisotopic (exact) mass is 385 g/mol. The Bertz CT molecular complexity index is 1250. The molecule has 1 aliphatic rings. The third-order valence-electron chi connectivity index (χ3n) is 4.85. The standard InChI is InChI=1S/C22H12ClN3O2/c23-14-3-1-4-15(9-14)26-21(27)18-6-2-5-17-16(13-10-24-12-25-11-13)7-8-19(20(17)18)22(26)28/h1-12H. The second-order valence-corrected chi connectivity index (χ2v) is 6.88. The lowest BCUT2D eigenvalue weighted by Gasteiger charge is -2.28. The number of benzene rings is 3. The number of hydrogen-bond donors (Lipinski definition) is 0. The zero-order valence-corrected chi connectivity index (χ0v) is 15.2. The molecule has 0 aliphatic carbocycles. The van der Waals surface area contributed by atoms with E-state index in [2.05, 4.69) is 9.97 Å². The number of anilines is 1. The zero-order valence-electron chi connectivity index (χ0n) is 14.5. The zero-order chi connectivity index (χ0) is 19.3. The molecule has 0 unspecified atom stereocenters. The number of hydrogen-bond acceptors (Lipinski definition) is 4. The molecule has 6 heteroatoms. The first-order valence-electron chi connectivity index (χ1n) is 8.60. The maximum atomic E-state index is 13.2. The smallest absolute Gasteiger partial charge is 0.265 e. The summed E-state index contributed by atoms with van der Waals surface area (Å²) < 4.78 is 0. The van der Waals surface area contributed by atoms with E-state index in [9.17, 15) is 9.59 Å². The molecule has 5 nitrogen and oxygen atoms in total. The summed E-state index contributed by atoms with van der Waals surface area (Å²) in [5.41, 5.74) is 3.10. The SMILES string of the molecule is O=C1c2cccc3c(-c4cncnc4)ccc(c23)C(=O)N1c1cccc(Cl)c1. The van der Waals surface area contributed by atoms with Gasteiger partial charge in [0.1, 0.15) is 6.33 Å². The van der Waals surface area contributed by atoms with Gasteiger partial charge in [-0.25, -0.2) is 14.9 Å². The van der Waals surface area contributed by atoms with Gasteiger partial charge >= 0.3 is 0 Å². The number of carbonyl (C=O) groups excluding carboxylic acids is 2. The van der Waals surface area contributed by atoms with Crippen molar-refractivity contribution in [2.24, 2.45) is 0 Å². The molecule has 0 fully saturated rings. The number of rotatable bonds is 2. The fourth-order valence-electron chi connectivity index (χ4n) is 3.64. The van der Waals surface area contributed by atoms with Crippen LogP contribution in [-0.4, -0.2) is 21.8 Å². The highest BCUT2D eigenvalue weighted by molar-refractivity contribution is 6.37. The molecule has 3 aromatic carbocycles. The molecule has 0 saturated heterocycles. The molecule has 2 heterocycles. The molecule has 0 spiro atoms. The van der Waals surface area contributed by atoms with Gasteiger partial charge < -0.3 is 0 Å². The van der Waals surface area contributed by atoms with Gasteiger partial charge in [-0.15, -0.1) is 0 Å². The molecular formula is C22H12ClN3O2. The largest absolute Gasteiger partial charge is 0.268 e. The molecule has 28 heavy (non-hydrogen) atoms. The van der Waals surface area contributed by atoms with Crippen molar-refractivity contribution < 1.29 is 9.59 Å². The second kappa shape index (κ2) is 6.25. The predicted octanol–water partition coefficient (Wildman–Crippen LogP) is 4.75. The quantitative estimate of drug-likeness (QED) is 0.467. The topological polar surface area (TPSA) is 63.2 Å². The number of halogens is 1. The van der Waals surface area contributed by atoms with E-state index in [1.165, 1.54) is 11.2 Å². The van der Waals surface area contributed by atoms with Crippen molar-refractivity contribution in [2.45, 2.75) is 0 Å². The van der Waals surface area contributed by atoms with Crippen molar-refractivity contribution >= 4 is 39.9 Å². The fraction of sp³-hybridized carbons (Fsp3) is 0. The molecular weight excluding hydrogens is 374 g/mol. The maximum absolute atomic E-state index is 13.2. The molecule has 1 aliphatic heterocycles. The fourth-order valence-corrected chi connectivity index (χ4v) is 3.82. The van der Waals surface area contributed by atoms with Crippen LogP contribution in [0.3, 0.4) is 0 Å². The van der Waals surface area contributed by atoms with E-state index in [-0.39, 0.29) is 11.8 Å². The summed E-state index contributed by atoms with van der Waals surface area (Å²) in [5.74, 6) is -0.737. The Morgan fingerprint density at radius 2 is 1.46 bits per heavy atom. The van der Waals surface area contributed by atoms with Gasteiger partial charge in [0, 0.05) is 39.5 Å². The summed E-state index contributed by atoms with van der Waals surface area (Å²) in [7, 11) is 0. The number of amides is 2. The molecule has 0 bridgehead atoms. The highest BCUT2D eigenvalue weighted by Gasteiger charge is 2.34. The third-order valence-corrected chi connectivity index (χ3v) is 5.08. The number of imide groups is 1. The summed E-state index contributed by atoms with van der Waals surface area (Å²) in [6.45, 7) is 0. The number of aromatic nitrogens is 2. The Labute approximate surface area is 165 Å². The van der Waals surface area contributed by atoms with E-state index >= 15 is 0 Å². The van der Waals surface area contributed by atoms with Crippen molar-refractivity contribution in [1.82, 2.24) is 9.97 Å². The van der Waals surface area contributed by atoms with Crippen LogP contribution in [0.15, 0.2) is 73.3 Å². The highest BCUT2D eigenvalue weighted by Crippen LogP contribution is 2.37. The average molecular weight is 386 g/mol. The molecule has 4 aromatic rings. The maximum Gasteiger partial charge on any atom is 0.265 e. The Morgan fingerprint density at radius 3 is 2.21 bits per heavy atom. The molecule has 0 N–H and O–H groups in total. The minimum absolute atomic E-state index is 0.369.